The molecule has 0 saturated heterocycles. The lowest BCUT2D eigenvalue weighted by Crippen LogP contribution is -2.68. The summed E-state index contributed by atoms with van der Waals surface area (Å²) in [5.41, 5.74) is 0.740. The highest BCUT2D eigenvalue weighted by atomic mass is 14.7. The highest BCUT2D eigenvalue weighted by molar-refractivity contribution is 5.17. The topological polar surface area (TPSA) is 0 Å². The van der Waals surface area contributed by atoms with Gasteiger partial charge in [-0.1, -0.05) is 13.8 Å². The molecule has 6 atom stereocenters. The Hall–Kier alpha value is 0. The Morgan fingerprint density at radius 1 is 0.846 bits per heavy atom. The monoisotopic (exact) mass is 176 g/mol. The Bertz CT molecular complexity index is 224. The second kappa shape index (κ2) is 1.85. The molecule has 0 heteroatoms. The van der Waals surface area contributed by atoms with Gasteiger partial charge in [-0.2, -0.15) is 0 Å². The molecule has 72 valence electrons. The normalized spacial score (nSPS) is 65.1. The van der Waals surface area contributed by atoms with E-state index in [2.05, 4.69) is 13.8 Å². The average Bonchev–Trinajstić information content (AvgIpc) is 1.99. The lowest BCUT2D eigenvalue weighted by molar-refractivity contribution is -0.262. The van der Waals surface area contributed by atoms with E-state index in [0.29, 0.717) is 0 Å². The van der Waals surface area contributed by atoms with Crippen molar-refractivity contribution in [1.82, 2.24) is 0 Å². The van der Waals surface area contributed by atoms with Gasteiger partial charge in [0.25, 0.3) is 0 Å². The van der Waals surface area contributed by atoms with Crippen molar-refractivity contribution in [3.05, 3.63) is 0 Å². The van der Waals surface area contributed by atoms with Crippen LogP contribution in [0.4, 0.5) is 0 Å². The molecule has 0 aliphatic heterocycles. The summed E-state index contributed by atoms with van der Waals surface area (Å²) in [5.74, 6) is 6.95. The summed E-state index contributed by atoms with van der Waals surface area (Å²) in [6, 6.07) is 0. The maximum Gasteiger partial charge on any atom is -0.0287 e. The SMILES string of the molecule is CC1(C)C2C3CC4C[C@@H]2C[C@H](C4)C31. The fourth-order valence-corrected chi connectivity index (χ4v) is 6.34. The molecule has 6 bridgehead atoms. The van der Waals surface area contributed by atoms with Gasteiger partial charge in [-0.3, -0.25) is 0 Å². The highest BCUT2D eigenvalue weighted by Crippen LogP contribution is 2.75. The molecular formula is C13H20. The van der Waals surface area contributed by atoms with Crippen LogP contribution in [0.2, 0.25) is 0 Å². The molecule has 6 rings (SSSR count). The zero-order valence-corrected chi connectivity index (χ0v) is 8.79. The number of hydrogen-bond donors (Lipinski definition) is 0. The van der Waals surface area contributed by atoms with Crippen molar-refractivity contribution >= 4 is 0 Å². The molecule has 6 saturated carbocycles. The Kier molecular flexibility index (Phi) is 1.04. The van der Waals surface area contributed by atoms with Crippen LogP contribution in [-0.4, -0.2) is 0 Å². The van der Waals surface area contributed by atoms with Crippen LogP contribution in [-0.2, 0) is 0 Å². The van der Waals surface area contributed by atoms with Crippen LogP contribution in [0.5, 0.6) is 0 Å². The molecule has 0 spiro atoms. The van der Waals surface area contributed by atoms with Gasteiger partial charge in [-0.05, 0) is 66.6 Å². The van der Waals surface area contributed by atoms with Crippen LogP contribution in [0, 0.1) is 40.9 Å². The Morgan fingerprint density at radius 3 is 2.00 bits per heavy atom. The van der Waals surface area contributed by atoms with Gasteiger partial charge in [0.05, 0.1) is 0 Å². The van der Waals surface area contributed by atoms with Gasteiger partial charge in [0.15, 0.2) is 0 Å². The lowest BCUT2D eigenvalue weighted by Gasteiger charge is -2.74. The summed E-state index contributed by atoms with van der Waals surface area (Å²) < 4.78 is 0. The number of hydrogen-bond acceptors (Lipinski definition) is 0. The Balaban J connectivity index is 1.83. The summed E-state index contributed by atoms with van der Waals surface area (Å²) in [6.07, 6.45) is 6.44. The van der Waals surface area contributed by atoms with E-state index in [0.717, 1.165) is 35.0 Å². The van der Waals surface area contributed by atoms with Crippen molar-refractivity contribution < 1.29 is 0 Å². The van der Waals surface area contributed by atoms with E-state index in [9.17, 15) is 0 Å². The summed E-state index contributed by atoms with van der Waals surface area (Å²) in [5, 5.41) is 0. The summed E-state index contributed by atoms with van der Waals surface area (Å²) in [7, 11) is 0. The van der Waals surface area contributed by atoms with E-state index in [1.165, 1.54) is 5.92 Å². The van der Waals surface area contributed by atoms with E-state index in [1.807, 2.05) is 0 Å². The third kappa shape index (κ3) is 0.620. The molecule has 0 aromatic carbocycles. The van der Waals surface area contributed by atoms with Crippen molar-refractivity contribution in [2.24, 2.45) is 40.9 Å². The zero-order valence-electron chi connectivity index (χ0n) is 8.79. The molecule has 0 aromatic rings. The van der Waals surface area contributed by atoms with Crippen LogP contribution < -0.4 is 0 Å². The van der Waals surface area contributed by atoms with Crippen molar-refractivity contribution in [2.75, 3.05) is 0 Å². The van der Waals surface area contributed by atoms with Gasteiger partial charge in [0.1, 0.15) is 0 Å². The lowest BCUT2D eigenvalue weighted by atomic mass is 9.30. The predicted octanol–water partition coefficient (Wildman–Crippen LogP) is 3.32. The molecule has 0 radical (unpaired) electrons. The Morgan fingerprint density at radius 2 is 1.46 bits per heavy atom. The van der Waals surface area contributed by atoms with Gasteiger partial charge in [-0.25, -0.2) is 0 Å². The van der Waals surface area contributed by atoms with Crippen molar-refractivity contribution in [3.8, 4) is 0 Å². The van der Waals surface area contributed by atoms with E-state index < -0.39 is 0 Å². The summed E-state index contributed by atoms with van der Waals surface area (Å²) in [4.78, 5) is 0. The first-order valence-corrected chi connectivity index (χ1v) is 6.18. The van der Waals surface area contributed by atoms with Crippen LogP contribution >= 0.6 is 0 Å². The molecule has 0 heterocycles. The molecule has 0 amide bonds. The molecule has 6 fully saturated rings. The third-order valence-corrected chi connectivity index (χ3v) is 6.14. The van der Waals surface area contributed by atoms with Gasteiger partial charge < -0.3 is 0 Å². The first kappa shape index (κ1) is 7.31. The molecule has 0 N–H and O–H groups in total. The second-order valence-electron chi connectivity index (χ2n) is 6.87. The first-order valence-electron chi connectivity index (χ1n) is 6.18. The average molecular weight is 176 g/mol. The molecular weight excluding hydrogens is 156 g/mol. The van der Waals surface area contributed by atoms with Gasteiger partial charge in [0.2, 0.25) is 0 Å². The predicted molar refractivity (Wildman–Crippen MR) is 53.2 cm³/mol. The fourth-order valence-electron chi connectivity index (χ4n) is 6.34. The van der Waals surface area contributed by atoms with E-state index in [4.69, 9.17) is 0 Å². The molecule has 4 unspecified atom stereocenters. The smallest absolute Gasteiger partial charge is 0.0287 e. The second-order valence-corrected chi connectivity index (χ2v) is 6.87. The zero-order chi connectivity index (χ0) is 8.79. The standard InChI is InChI=1S/C13H20/c1-13(2)11-8-3-7-4-9(6-8)12(13)10(11)5-7/h7-12H,3-6H2,1-2H3/t7?,8-,9+,10?,11?,12?. The van der Waals surface area contributed by atoms with Crippen molar-refractivity contribution in [2.45, 2.75) is 39.5 Å². The molecule has 0 aromatic heterocycles. The van der Waals surface area contributed by atoms with Crippen LogP contribution in [0.15, 0.2) is 0 Å². The number of rotatable bonds is 0. The molecule has 0 nitrogen and oxygen atoms in total. The van der Waals surface area contributed by atoms with Crippen LogP contribution in [0.25, 0.3) is 0 Å². The van der Waals surface area contributed by atoms with Crippen molar-refractivity contribution in [3.63, 3.8) is 0 Å². The molecule has 6 aliphatic rings. The van der Waals surface area contributed by atoms with Crippen LogP contribution in [0.3, 0.4) is 0 Å². The van der Waals surface area contributed by atoms with E-state index >= 15 is 0 Å². The fraction of sp³-hybridized carbons (Fsp3) is 1.00. The first-order chi connectivity index (χ1) is 6.18. The quantitative estimate of drug-likeness (QED) is 0.531. The van der Waals surface area contributed by atoms with Gasteiger partial charge in [-0.15, -0.1) is 0 Å². The maximum atomic E-state index is 2.56. The maximum absolute atomic E-state index is 2.56. The third-order valence-electron chi connectivity index (χ3n) is 6.14. The molecule has 6 aliphatic carbocycles. The minimum absolute atomic E-state index is 0.740. The van der Waals surface area contributed by atoms with Gasteiger partial charge >= 0.3 is 0 Å². The Labute approximate surface area is 81.1 Å². The largest absolute Gasteiger partial charge is 0.0593 e. The van der Waals surface area contributed by atoms with Crippen molar-refractivity contribution in [1.29, 1.82) is 0 Å². The summed E-state index contributed by atoms with van der Waals surface area (Å²) in [6.45, 7) is 5.12. The summed E-state index contributed by atoms with van der Waals surface area (Å²) >= 11 is 0. The van der Waals surface area contributed by atoms with Crippen LogP contribution in [0.1, 0.15) is 39.5 Å². The minimum atomic E-state index is 0.740. The highest BCUT2D eigenvalue weighted by Gasteiger charge is 2.68. The van der Waals surface area contributed by atoms with Gasteiger partial charge in [0, 0.05) is 0 Å². The van der Waals surface area contributed by atoms with E-state index in [1.54, 1.807) is 25.7 Å². The minimum Gasteiger partial charge on any atom is -0.0593 e. The molecule has 13 heavy (non-hydrogen) atoms. The van der Waals surface area contributed by atoms with E-state index in [-0.39, 0.29) is 0 Å².